The first-order chi connectivity index (χ1) is 15.1. The van der Waals surface area contributed by atoms with Crippen molar-refractivity contribution in [2.24, 2.45) is 7.05 Å². The average Bonchev–Trinajstić information content (AvgIpc) is 3.22. The van der Waals surface area contributed by atoms with Gasteiger partial charge in [-0.2, -0.15) is 0 Å². The summed E-state index contributed by atoms with van der Waals surface area (Å²) in [5, 5.41) is 15.7. The number of H-pyrrole nitrogens is 1. The van der Waals surface area contributed by atoms with Crippen molar-refractivity contribution in [1.82, 2.24) is 14.9 Å². The Balaban J connectivity index is 1.74. The minimum atomic E-state index is -3.43. The van der Waals surface area contributed by atoms with Gasteiger partial charge in [0.15, 0.2) is 9.84 Å². The Labute approximate surface area is 185 Å². The molecule has 1 saturated carbocycles. The van der Waals surface area contributed by atoms with Crippen molar-refractivity contribution in [3.8, 4) is 11.1 Å². The van der Waals surface area contributed by atoms with Crippen LogP contribution in [0.1, 0.15) is 25.7 Å². The normalized spacial score (nSPS) is 19.1. The molecule has 1 amide bonds. The van der Waals surface area contributed by atoms with Crippen LogP contribution in [0, 0.1) is 0 Å². The first-order valence-corrected chi connectivity index (χ1v) is 12.3. The van der Waals surface area contributed by atoms with Gasteiger partial charge < -0.3 is 25.3 Å². The van der Waals surface area contributed by atoms with E-state index in [-0.39, 0.29) is 22.5 Å². The Morgan fingerprint density at radius 2 is 1.81 bits per heavy atom. The minimum Gasteiger partial charge on any atom is -0.465 e. The third-order valence-electron chi connectivity index (χ3n) is 6.02. The number of rotatable bonds is 5. The number of pyridine rings is 1. The van der Waals surface area contributed by atoms with E-state index in [1.165, 1.54) is 10.8 Å². The Hall–Kier alpha value is -3.27. The summed E-state index contributed by atoms with van der Waals surface area (Å²) >= 11 is 0. The first kappa shape index (κ1) is 21.9. The van der Waals surface area contributed by atoms with Gasteiger partial charge >= 0.3 is 6.09 Å². The summed E-state index contributed by atoms with van der Waals surface area (Å²) in [5.74, 6) is 0. The number of carbonyl (C=O) groups is 1. The number of benzene rings is 1. The van der Waals surface area contributed by atoms with E-state index < -0.39 is 15.9 Å². The van der Waals surface area contributed by atoms with Crippen molar-refractivity contribution < 1.29 is 18.3 Å². The number of aryl methyl sites for hydroxylation is 1. The fourth-order valence-corrected chi connectivity index (χ4v) is 5.01. The monoisotopic (exact) mass is 458 g/mol. The summed E-state index contributed by atoms with van der Waals surface area (Å²) in [6.07, 6.45) is 6.59. The van der Waals surface area contributed by atoms with E-state index in [0.717, 1.165) is 42.3 Å². The molecule has 1 aliphatic rings. The highest BCUT2D eigenvalue weighted by atomic mass is 32.2. The van der Waals surface area contributed by atoms with Crippen molar-refractivity contribution in [3.63, 3.8) is 0 Å². The lowest BCUT2D eigenvalue weighted by Gasteiger charge is -2.30. The zero-order valence-corrected chi connectivity index (χ0v) is 18.7. The molecule has 4 N–H and O–H groups in total. The minimum absolute atomic E-state index is 0.0549. The van der Waals surface area contributed by atoms with Crippen molar-refractivity contribution >= 4 is 32.5 Å². The molecule has 1 aliphatic carbocycles. The molecule has 10 heteroatoms. The number of hydrogen-bond acceptors (Lipinski definition) is 5. The number of aromatic nitrogens is 2. The van der Waals surface area contributed by atoms with Crippen molar-refractivity contribution in [2.45, 2.75) is 42.7 Å². The fraction of sp³-hybridized carbons (Fsp3) is 0.364. The van der Waals surface area contributed by atoms with Gasteiger partial charge in [0.05, 0.1) is 4.90 Å². The van der Waals surface area contributed by atoms with E-state index in [1.54, 1.807) is 37.6 Å². The number of anilines is 1. The van der Waals surface area contributed by atoms with Crippen LogP contribution in [0.15, 0.2) is 46.3 Å². The van der Waals surface area contributed by atoms with Gasteiger partial charge in [-0.1, -0.05) is 0 Å². The summed E-state index contributed by atoms with van der Waals surface area (Å²) in [5.41, 5.74) is 2.51. The highest BCUT2D eigenvalue weighted by Crippen LogP contribution is 2.36. The summed E-state index contributed by atoms with van der Waals surface area (Å²) < 4.78 is 26.0. The predicted octanol–water partition coefficient (Wildman–Crippen LogP) is 2.93. The van der Waals surface area contributed by atoms with Gasteiger partial charge in [-0.05, 0) is 49.9 Å². The van der Waals surface area contributed by atoms with Gasteiger partial charge in [-0.25, -0.2) is 13.2 Å². The van der Waals surface area contributed by atoms with Crippen molar-refractivity contribution in [1.29, 1.82) is 0 Å². The van der Waals surface area contributed by atoms with E-state index in [0.29, 0.717) is 11.1 Å². The standard InChI is InChI=1S/C22H26N4O5S/c1-26-12-18(16-9-10-23-20(16)21(26)27)17-11-15(32(2,30)31)7-8-19(17)24-13-3-5-14(6-4-13)25-22(28)29/h7-14,23-25H,3-6H2,1-2H3,(H,28,29)/t13-,14-. The molecule has 9 nitrogen and oxygen atoms in total. The zero-order valence-electron chi connectivity index (χ0n) is 17.9. The third-order valence-corrected chi connectivity index (χ3v) is 7.13. The fourth-order valence-electron chi connectivity index (χ4n) is 4.36. The van der Waals surface area contributed by atoms with E-state index in [2.05, 4.69) is 15.6 Å². The van der Waals surface area contributed by atoms with Crippen LogP contribution in [0.2, 0.25) is 0 Å². The van der Waals surface area contributed by atoms with E-state index in [4.69, 9.17) is 5.11 Å². The second kappa shape index (κ2) is 8.34. The van der Waals surface area contributed by atoms with Crippen molar-refractivity contribution in [2.75, 3.05) is 11.6 Å². The highest BCUT2D eigenvalue weighted by Gasteiger charge is 2.24. The van der Waals surface area contributed by atoms with Crippen LogP contribution in [0.3, 0.4) is 0 Å². The van der Waals surface area contributed by atoms with E-state index in [9.17, 15) is 18.0 Å². The van der Waals surface area contributed by atoms with Gasteiger partial charge in [0, 0.05) is 60.0 Å². The summed E-state index contributed by atoms with van der Waals surface area (Å²) in [4.78, 5) is 26.5. The van der Waals surface area contributed by atoms with Crippen molar-refractivity contribution in [3.05, 3.63) is 47.0 Å². The summed E-state index contributed by atoms with van der Waals surface area (Å²) in [6.45, 7) is 0. The Morgan fingerprint density at radius 3 is 2.47 bits per heavy atom. The van der Waals surface area contributed by atoms with Gasteiger partial charge in [0.2, 0.25) is 0 Å². The predicted molar refractivity (Wildman–Crippen MR) is 123 cm³/mol. The van der Waals surface area contributed by atoms with Crippen LogP contribution in [0.4, 0.5) is 10.5 Å². The zero-order chi connectivity index (χ0) is 23.0. The topological polar surface area (TPSA) is 133 Å². The number of sulfone groups is 1. The van der Waals surface area contributed by atoms with E-state index in [1.807, 2.05) is 6.07 Å². The smallest absolute Gasteiger partial charge is 0.404 e. The molecule has 2 aromatic heterocycles. The third kappa shape index (κ3) is 4.36. The van der Waals surface area contributed by atoms with Crippen LogP contribution in [-0.4, -0.2) is 47.5 Å². The molecule has 0 spiro atoms. The maximum atomic E-state index is 12.5. The maximum absolute atomic E-state index is 12.5. The first-order valence-electron chi connectivity index (χ1n) is 10.4. The molecule has 0 aliphatic heterocycles. The molecule has 1 aromatic carbocycles. The molecule has 2 heterocycles. The molecule has 32 heavy (non-hydrogen) atoms. The van der Waals surface area contributed by atoms with Crippen LogP contribution in [0.25, 0.3) is 22.0 Å². The number of carboxylic acid groups (broad SMARTS) is 1. The van der Waals surface area contributed by atoms with Gasteiger partial charge in [-0.15, -0.1) is 0 Å². The van der Waals surface area contributed by atoms with Gasteiger partial charge in [0.25, 0.3) is 5.56 Å². The summed E-state index contributed by atoms with van der Waals surface area (Å²) in [7, 11) is -1.77. The maximum Gasteiger partial charge on any atom is 0.404 e. The number of nitrogens with zero attached hydrogens (tertiary/aromatic N) is 1. The molecule has 0 unspecified atom stereocenters. The molecule has 1 fully saturated rings. The number of aromatic amines is 1. The summed E-state index contributed by atoms with van der Waals surface area (Å²) in [6, 6.07) is 6.86. The molecule has 0 atom stereocenters. The molecular weight excluding hydrogens is 432 g/mol. The molecular formula is C22H26N4O5S. The quantitative estimate of drug-likeness (QED) is 0.465. The molecule has 0 bridgehead atoms. The number of fused-ring (bicyclic) bond motifs is 1. The Bertz CT molecular complexity index is 1330. The van der Waals surface area contributed by atoms with Gasteiger partial charge in [-0.3, -0.25) is 4.79 Å². The second-order valence-corrected chi connectivity index (χ2v) is 10.4. The molecule has 0 saturated heterocycles. The van der Waals surface area contributed by atoms with E-state index >= 15 is 0 Å². The second-order valence-electron chi connectivity index (χ2n) is 8.35. The van der Waals surface area contributed by atoms with Crippen LogP contribution < -0.4 is 16.2 Å². The average molecular weight is 459 g/mol. The lowest BCUT2D eigenvalue weighted by Crippen LogP contribution is -2.39. The molecule has 0 radical (unpaired) electrons. The van der Waals surface area contributed by atoms with Crippen LogP contribution >= 0.6 is 0 Å². The SMILES string of the molecule is Cn1cc(-c2cc(S(C)(=O)=O)ccc2N[C@H]2CC[C@H](NC(=O)O)CC2)c2cc[nH]c2c1=O. The lowest BCUT2D eigenvalue weighted by atomic mass is 9.90. The van der Waals surface area contributed by atoms with Crippen LogP contribution in [0.5, 0.6) is 0 Å². The Morgan fingerprint density at radius 1 is 1.12 bits per heavy atom. The molecule has 3 aromatic rings. The largest absolute Gasteiger partial charge is 0.465 e. The van der Waals surface area contributed by atoms with Gasteiger partial charge in [0.1, 0.15) is 5.52 Å². The molecule has 170 valence electrons. The lowest BCUT2D eigenvalue weighted by molar-refractivity contribution is 0.185. The van der Waals surface area contributed by atoms with Crippen LogP contribution in [-0.2, 0) is 16.9 Å². The number of amides is 1. The molecule has 4 rings (SSSR count). The number of nitrogens with one attached hydrogen (secondary N) is 3. The Kier molecular flexibility index (Phi) is 5.72. The highest BCUT2D eigenvalue weighted by molar-refractivity contribution is 7.90. The number of hydrogen-bond donors (Lipinski definition) is 4.